The van der Waals surface area contributed by atoms with Gasteiger partial charge in [0.1, 0.15) is 5.78 Å². The van der Waals surface area contributed by atoms with Gasteiger partial charge in [0.2, 0.25) is 6.54 Å². The normalized spacial score (nSPS) is 21.1. The number of carbonyl (C=O) groups excluding carboxylic acids is 1. The molecule has 0 aliphatic heterocycles. The van der Waals surface area contributed by atoms with Crippen LogP contribution in [0.25, 0.3) is 0 Å². The fourth-order valence-corrected chi connectivity index (χ4v) is 3.04. The number of carbonyl (C=O) groups is 1. The van der Waals surface area contributed by atoms with Crippen LogP contribution in [0.5, 0.6) is 0 Å². The molecular weight excluding hydrogens is 310 g/mol. The minimum Gasteiger partial charge on any atom is -0.299 e. The van der Waals surface area contributed by atoms with E-state index < -0.39 is 0 Å². The second kappa shape index (κ2) is 6.28. The zero-order chi connectivity index (χ0) is 13.8. The number of halogens is 1. The summed E-state index contributed by atoms with van der Waals surface area (Å²) in [5, 5.41) is 10.9. The van der Waals surface area contributed by atoms with Crippen LogP contribution in [-0.2, 0) is 4.79 Å². The molecule has 0 radical (unpaired) electrons. The van der Waals surface area contributed by atoms with Gasteiger partial charge in [0.05, 0.1) is 5.92 Å². The molecule has 5 heteroatoms. The van der Waals surface area contributed by atoms with Crippen molar-refractivity contribution in [3.8, 4) is 0 Å². The van der Waals surface area contributed by atoms with Crippen molar-refractivity contribution in [3.05, 3.63) is 44.4 Å². The van der Waals surface area contributed by atoms with E-state index in [9.17, 15) is 14.9 Å². The van der Waals surface area contributed by atoms with Crippen LogP contribution < -0.4 is 0 Å². The monoisotopic (exact) mass is 325 g/mol. The van der Waals surface area contributed by atoms with E-state index in [1.54, 1.807) is 0 Å². The first kappa shape index (κ1) is 14.2. The first-order valence-electron chi connectivity index (χ1n) is 6.48. The largest absolute Gasteiger partial charge is 0.299 e. The molecule has 1 unspecified atom stereocenters. The third kappa shape index (κ3) is 3.62. The van der Waals surface area contributed by atoms with Crippen LogP contribution in [0.3, 0.4) is 0 Å². The van der Waals surface area contributed by atoms with Crippen molar-refractivity contribution in [1.82, 2.24) is 0 Å². The molecule has 1 aliphatic carbocycles. The van der Waals surface area contributed by atoms with Gasteiger partial charge in [0, 0.05) is 21.7 Å². The zero-order valence-corrected chi connectivity index (χ0v) is 12.1. The van der Waals surface area contributed by atoms with E-state index in [0.717, 1.165) is 29.3 Å². The first-order chi connectivity index (χ1) is 9.08. The van der Waals surface area contributed by atoms with Crippen molar-refractivity contribution < 1.29 is 9.72 Å². The maximum absolute atomic E-state index is 12.0. The number of nitro groups is 1. The van der Waals surface area contributed by atoms with Crippen molar-refractivity contribution >= 4 is 21.7 Å². The van der Waals surface area contributed by atoms with Gasteiger partial charge in [-0.2, -0.15) is 0 Å². The lowest BCUT2D eigenvalue weighted by molar-refractivity contribution is -0.484. The maximum atomic E-state index is 12.0. The van der Waals surface area contributed by atoms with Crippen molar-refractivity contribution in [3.63, 3.8) is 0 Å². The van der Waals surface area contributed by atoms with Gasteiger partial charge in [-0.05, 0) is 30.5 Å². The van der Waals surface area contributed by atoms with Gasteiger partial charge in [-0.3, -0.25) is 14.9 Å². The molecule has 1 saturated carbocycles. The average Bonchev–Trinajstić information content (AvgIpc) is 2.38. The number of ketones is 1. The van der Waals surface area contributed by atoms with Gasteiger partial charge < -0.3 is 0 Å². The summed E-state index contributed by atoms with van der Waals surface area (Å²) < 4.78 is 0.936. The molecule has 102 valence electrons. The predicted octanol–water partition coefficient (Wildman–Crippen LogP) is 3.57. The van der Waals surface area contributed by atoms with Gasteiger partial charge in [0.15, 0.2) is 0 Å². The first-order valence-corrected chi connectivity index (χ1v) is 7.27. The van der Waals surface area contributed by atoms with E-state index in [0.29, 0.717) is 6.42 Å². The van der Waals surface area contributed by atoms with Gasteiger partial charge in [-0.1, -0.05) is 34.5 Å². The predicted molar refractivity (Wildman–Crippen MR) is 75.7 cm³/mol. The van der Waals surface area contributed by atoms with E-state index in [1.165, 1.54) is 0 Å². The second-order valence-electron chi connectivity index (χ2n) is 4.99. The molecule has 2 atom stereocenters. The summed E-state index contributed by atoms with van der Waals surface area (Å²) in [5.74, 6) is -0.308. The Labute approximate surface area is 120 Å². The third-order valence-electron chi connectivity index (χ3n) is 3.73. The summed E-state index contributed by atoms with van der Waals surface area (Å²) in [7, 11) is 0. The standard InChI is InChI=1S/C14H16BrNO3/c15-11-7-5-10(6-8-11)13(9-16(18)19)12-3-1-2-4-14(12)17/h5-8,12-13H,1-4,9H2/t12?,13-/m1/s1. The van der Waals surface area contributed by atoms with Gasteiger partial charge >= 0.3 is 0 Å². The Morgan fingerprint density at radius 2 is 2.00 bits per heavy atom. The zero-order valence-electron chi connectivity index (χ0n) is 10.5. The Morgan fingerprint density at radius 3 is 2.58 bits per heavy atom. The van der Waals surface area contributed by atoms with E-state index in [1.807, 2.05) is 24.3 Å². The molecule has 2 rings (SSSR count). The molecule has 0 amide bonds. The SMILES string of the molecule is O=C1CCCCC1[C@H](C[N+](=O)[O-])c1ccc(Br)cc1. The summed E-state index contributed by atoms with van der Waals surface area (Å²) in [6, 6.07) is 7.49. The minimum absolute atomic E-state index is 0.169. The Bertz CT molecular complexity index is 472. The molecule has 0 spiro atoms. The fourth-order valence-electron chi connectivity index (χ4n) is 2.77. The van der Waals surface area contributed by atoms with Crippen LogP contribution in [0, 0.1) is 16.0 Å². The number of nitrogens with zero attached hydrogens (tertiary/aromatic N) is 1. The maximum Gasteiger partial charge on any atom is 0.211 e. The summed E-state index contributed by atoms with van der Waals surface area (Å²) in [5.41, 5.74) is 0.889. The Balaban J connectivity index is 2.26. The highest BCUT2D eigenvalue weighted by atomic mass is 79.9. The van der Waals surface area contributed by atoms with E-state index >= 15 is 0 Å². The average molecular weight is 326 g/mol. The lowest BCUT2D eigenvalue weighted by atomic mass is 9.76. The molecule has 4 nitrogen and oxygen atoms in total. The molecule has 0 saturated heterocycles. The number of hydrogen-bond donors (Lipinski definition) is 0. The van der Waals surface area contributed by atoms with Crippen LogP contribution in [0.4, 0.5) is 0 Å². The Morgan fingerprint density at radius 1 is 1.32 bits per heavy atom. The minimum atomic E-state index is -0.311. The Kier molecular flexibility index (Phi) is 4.69. The number of rotatable bonds is 4. The van der Waals surface area contributed by atoms with Crippen LogP contribution in [-0.4, -0.2) is 17.3 Å². The molecule has 0 bridgehead atoms. The van der Waals surface area contributed by atoms with Crippen LogP contribution >= 0.6 is 15.9 Å². The van der Waals surface area contributed by atoms with E-state index in [-0.39, 0.29) is 29.1 Å². The quantitative estimate of drug-likeness (QED) is 0.628. The molecule has 19 heavy (non-hydrogen) atoms. The van der Waals surface area contributed by atoms with Crippen molar-refractivity contribution in [2.75, 3.05) is 6.54 Å². The molecule has 0 heterocycles. The van der Waals surface area contributed by atoms with Gasteiger partial charge in [-0.15, -0.1) is 0 Å². The topological polar surface area (TPSA) is 60.2 Å². The highest BCUT2D eigenvalue weighted by Gasteiger charge is 2.34. The number of Topliss-reactive ketones (excluding diaryl/α,β-unsaturated/α-hetero) is 1. The molecular formula is C14H16BrNO3. The lowest BCUT2D eigenvalue weighted by Gasteiger charge is -2.27. The van der Waals surface area contributed by atoms with Crippen LogP contribution in [0.2, 0.25) is 0 Å². The lowest BCUT2D eigenvalue weighted by Crippen LogP contribution is -2.30. The van der Waals surface area contributed by atoms with Gasteiger partial charge in [-0.25, -0.2) is 0 Å². The summed E-state index contributed by atoms with van der Waals surface area (Å²) in [6.07, 6.45) is 3.24. The molecule has 1 fully saturated rings. The third-order valence-corrected chi connectivity index (χ3v) is 4.26. The van der Waals surface area contributed by atoms with Crippen molar-refractivity contribution in [2.45, 2.75) is 31.6 Å². The summed E-state index contributed by atoms with van der Waals surface area (Å²) in [4.78, 5) is 22.6. The van der Waals surface area contributed by atoms with E-state index in [4.69, 9.17) is 0 Å². The van der Waals surface area contributed by atoms with E-state index in [2.05, 4.69) is 15.9 Å². The fraction of sp³-hybridized carbons (Fsp3) is 0.500. The Hall–Kier alpha value is -1.23. The highest BCUT2D eigenvalue weighted by Crippen LogP contribution is 2.34. The van der Waals surface area contributed by atoms with Crippen molar-refractivity contribution in [1.29, 1.82) is 0 Å². The van der Waals surface area contributed by atoms with Gasteiger partial charge in [0.25, 0.3) is 0 Å². The summed E-state index contributed by atoms with van der Waals surface area (Å²) in [6.45, 7) is -0.169. The molecule has 0 N–H and O–H groups in total. The summed E-state index contributed by atoms with van der Waals surface area (Å²) >= 11 is 3.35. The molecule has 0 aromatic heterocycles. The highest BCUT2D eigenvalue weighted by molar-refractivity contribution is 9.10. The van der Waals surface area contributed by atoms with Crippen LogP contribution in [0.15, 0.2) is 28.7 Å². The van der Waals surface area contributed by atoms with Crippen molar-refractivity contribution in [2.24, 2.45) is 5.92 Å². The second-order valence-corrected chi connectivity index (χ2v) is 5.91. The molecule has 1 aliphatic rings. The smallest absolute Gasteiger partial charge is 0.211 e. The number of hydrogen-bond acceptors (Lipinski definition) is 3. The van der Waals surface area contributed by atoms with Crippen LogP contribution in [0.1, 0.15) is 37.2 Å². The number of benzene rings is 1. The molecule has 1 aromatic rings. The molecule has 1 aromatic carbocycles.